The molecule has 0 radical (unpaired) electrons. The monoisotopic (exact) mass is 158 g/mol. The maximum Gasteiger partial charge on any atom is 0.0591 e. The molecule has 0 aliphatic heterocycles. The van der Waals surface area contributed by atoms with Gasteiger partial charge >= 0.3 is 0 Å². The van der Waals surface area contributed by atoms with Gasteiger partial charge in [0.15, 0.2) is 0 Å². The van der Waals surface area contributed by atoms with E-state index in [1.807, 2.05) is 13.8 Å². The predicted molar refractivity (Wildman–Crippen MR) is 49.5 cm³/mol. The molecule has 0 aromatic rings. The average molecular weight is 158 g/mol. The molecule has 0 aromatic heterocycles. The van der Waals surface area contributed by atoms with E-state index in [1.165, 1.54) is 0 Å². The topological polar surface area (TPSA) is 20.2 Å². The molecule has 0 amide bonds. The molecule has 0 spiro atoms. The third-order valence-corrected chi connectivity index (χ3v) is 2.35. The second-order valence-corrected chi connectivity index (χ2v) is 4.57. The molecule has 1 atom stereocenters. The van der Waals surface area contributed by atoms with E-state index in [1.54, 1.807) is 0 Å². The van der Waals surface area contributed by atoms with E-state index in [0.29, 0.717) is 0 Å². The van der Waals surface area contributed by atoms with Gasteiger partial charge in [-0.05, 0) is 38.5 Å². The van der Waals surface area contributed by atoms with Gasteiger partial charge in [0.25, 0.3) is 0 Å². The summed E-state index contributed by atoms with van der Waals surface area (Å²) in [5.74, 6) is 1.46. The lowest BCUT2D eigenvalue weighted by Crippen LogP contribution is -2.20. The van der Waals surface area contributed by atoms with Crippen molar-refractivity contribution in [1.29, 1.82) is 0 Å². The van der Waals surface area contributed by atoms with Crippen LogP contribution in [0.3, 0.4) is 0 Å². The first-order chi connectivity index (χ1) is 4.83. The molecular weight excluding hydrogens is 136 g/mol. The van der Waals surface area contributed by atoms with Crippen molar-refractivity contribution in [2.75, 3.05) is 0 Å². The molecular formula is C10H22O. The molecule has 0 heterocycles. The maximum atomic E-state index is 9.45. The summed E-state index contributed by atoms with van der Waals surface area (Å²) in [5.41, 5.74) is -0.483. The van der Waals surface area contributed by atoms with Gasteiger partial charge in [0, 0.05) is 0 Å². The molecule has 0 aliphatic carbocycles. The molecule has 0 fully saturated rings. The van der Waals surface area contributed by atoms with Crippen LogP contribution in [0.25, 0.3) is 0 Å². The average Bonchev–Trinajstić information content (AvgIpc) is 1.80. The molecule has 1 unspecified atom stereocenters. The van der Waals surface area contributed by atoms with Crippen molar-refractivity contribution in [3.63, 3.8) is 0 Å². The Morgan fingerprint density at radius 3 is 1.91 bits per heavy atom. The summed E-state index contributed by atoms with van der Waals surface area (Å²) in [6, 6.07) is 0. The van der Waals surface area contributed by atoms with Crippen LogP contribution in [0.5, 0.6) is 0 Å². The fraction of sp³-hybridized carbons (Fsp3) is 1.00. The van der Waals surface area contributed by atoms with E-state index in [4.69, 9.17) is 0 Å². The zero-order valence-electron chi connectivity index (χ0n) is 8.52. The van der Waals surface area contributed by atoms with E-state index in [2.05, 4.69) is 20.8 Å². The summed E-state index contributed by atoms with van der Waals surface area (Å²) in [6.45, 7) is 10.5. The molecule has 0 aromatic carbocycles. The van der Waals surface area contributed by atoms with Crippen LogP contribution in [0.2, 0.25) is 0 Å². The number of hydrogen-bond donors (Lipinski definition) is 1. The van der Waals surface area contributed by atoms with Gasteiger partial charge in [-0.25, -0.2) is 0 Å². The maximum absolute atomic E-state index is 9.45. The Bertz CT molecular complexity index is 99.9. The van der Waals surface area contributed by atoms with Crippen LogP contribution < -0.4 is 0 Å². The Labute approximate surface area is 70.8 Å². The SMILES string of the molecule is CC(C)C(C)CCC(C)(C)O. The van der Waals surface area contributed by atoms with Crippen molar-refractivity contribution in [2.45, 2.75) is 53.1 Å². The van der Waals surface area contributed by atoms with Crippen molar-refractivity contribution < 1.29 is 5.11 Å². The Kier molecular flexibility index (Phi) is 4.09. The summed E-state index contributed by atoms with van der Waals surface area (Å²) in [4.78, 5) is 0. The molecule has 0 rings (SSSR count). The van der Waals surface area contributed by atoms with Crippen LogP contribution in [0.1, 0.15) is 47.5 Å². The largest absolute Gasteiger partial charge is 0.390 e. The van der Waals surface area contributed by atoms with Crippen LogP contribution in [0.15, 0.2) is 0 Å². The second kappa shape index (κ2) is 4.10. The van der Waals surface area contributed by atoms with Gasteiger partial charge in [0.05, 0.1) is 5.60 Å². The Morgan fingerprint density at radius 1 is 1.18 bits per heavy atom. The number of rotatable bonds is 4. The Hall–Kier alpha value is -0.0400. The van der Waals surface area contributed by atoms with Crippen molar-refractivity contribution >= 4 is 0 Å². The lowest BCUT2D eigenvalue weighted by Gasteiger charge is -2.21. The van der Waals surface area contributed by atoms with E-state index in [0.717, 1.165) is 24.7 Å². The van der Waals surface area contributed by atoms with Gasteiger partial charge in [0.2, 0.25) is 0 Å². The zero-order chi connectivity index (χ0) is 9.07. The van der Waals surface area contributed by atoms with Crippen molar-refractivity contribution in [3.05, 3.63) is 0 Å². The van der Waals surface area contributed by atoms with Gasteiger partial charge < -0.3 is 5.11 Å². The Morgan fingerprint density at radius 2 is 1.64 bits per heavy atom. The summed E-state index contributed by atoms with van der Waals surface area (Å²) >= 11 is 0. The fourth-order valence-electron chi connectivity index (χ4n) is 0.914. The van der Waals surface area contributed by atoms with Gasteiger partial charge in [-0.15, -0.1) is 0 Å². The van der Waals surface area contributed by atoms with Crippen LogP contribution in [-0.4, -0.2) is 10.7 Å². The summed E-state index contributed by atoms with van der Waals surface area (Å²) in [5, 5.41) is 9.45. The van der Waals surface area contributed by atoms with Gasteiger partial charge in [-0.2, -0.15) is 0 Å². The predicted octanol–water partition coefficient (Wildman–Crippen LogP) is 2.83. The van der Waals surface area contributed by atoms with Crippen molar-refractivity contribution in [2.24, 2.45) is 11.8 Å². The van der Waals surface area contributed by atoms with E-state index < -0.39 is 5.60 Å². The second-order valence-electron chi connectivity index (χ2n) is 4.57. The highest BCUT2D eigenvalue weighted by Gasteiger charge is 2.15. The van der Waals surface area contributed by atoms with Crippen LogP contribution >= 0.6 is 0 Å². The van der Waals surface area contributed by atoms with Crippen molar-refractivity contribution in [1.82, 2.24) is 0 Å². The van der Waals surface area contributed by atoms with Crippen molar-refractivity contribution in [3.8, 4) is 0 Å². The first-order valence-corrected chi connectivity index (χ1v) is 4.55. The number of hydrogen-bond acceptors (Lipinski definition) is 1. The van der Waals surface area contributed by atoms with Gasteiger partial charge in [-0.1, -0.05) is 20.8 Å². The highest BCUT2D eigenvalue weighted by atomic mass is 16.3. The first-order valence-electron chi connectivity index (χ1n) is 4.55. The third kappa shape index (κ3) is 6.36. The molecule has 0 aliphatic rings. The smallest absolute Gasteiger partial charge is 0.0591 e. The minimum absolute atomic E-state index is 0.483. The summed E-state index contributed by atoms with van der Waals surface area (Å²) in [6.07, 6.45) is 2.04. The van der Waals surface area contributed by atoms with E-state index in [-0.39, 0.29) is 0 Å². The van der Waals surface area contributed by atoms with E-state index >= 15 is 0 Å². The highest BCUT2D eigenvalue weighted by Crippen LogP contribution is 2.20. The number of aliphatic hydroxyl groups is 1. The molecule has 1 nitrogen and oxygen atoms in total. The fourth-order valence-corrected chi connectivity index (χ4v) is 0.914. The third-order valence-electron chi connectivity index (χ3n) is 2.35. The van der Waals surface area contributed by atoms with Crippen LogP contribution in [0.4, 0.5) is 0 Å². The molecule has 68 valence electrons. The van der Waals surface area contributed by atoms with Crippen LogP contribution in [-0.2, 0) is 0 Å². The molecule has 0 saturated carbocycles. The lowest BCUT2D eigenvalue weighted by molar-refractivity contribution is 0.0620. The first kappa shape index (κ1) is 11.0. The molecule has 0 saturated heterocycles. The highest BCUT2D eigenvalue weighted by molar-refractivity contribution is 4.68. The van der Waals surface area contributed by atoms with Crippen LogP contribution in [0, 0.1) is 11.8 Å². The lowest BCUT2D eigenvalue weighted by atomic mass is 9.89. The Balaban J connectivity index is 3.54. The summed E-state index contributed by atoms with van der Waals surface area (Å²) < 4.78 is 0. The molecule has 1 heteroatoms. The standard InChI is InChI=1S/C10H22O/c1-8(2)9(3)6-7-10(4,5)11/h8-9,11H,6-7H2,1-5H3. The van der Waals surface area contributed by atoms with Gasteiger partial charge in [-0.3, -0.25) is 0 Å². The normalized spacial score (nSPS) is 15.5. The zero-order valence-corrected chi connectivity index (χ0v) is 8.52. The summed E-state index contributed by atoms with van der Waals surface area (Å²) in [7, 11) is 0. The molecule has 11 heavy (non-hydrogen) atoms. The molecule has 1 N–H and O–H groups in total. The van der Waals surface area contributed by atoms with E-state index in [9.17, 15) is 5.11 Å². The quantitative estimate of drug-likeness (QED) is 0.667. The van der Waals surface area contributed by atoms with Gasteiger partial charge in [0.1, 0.15) is 0 Å². The minimum Gasteiger partial charge on any atom is -0.390 e. The minimum atomic E-state index is -0.483. The molecule has 0 bridgehead atoms.